The molecule has 1 aliphatic rings. The summed E-state index contributed by atoms with van der Waals surface area (Å²) in [5.74, 6) is 0.285. The fraction of sp³-hybridized carbons (Fsp3) is 0.545. The Morgan fingerprint density at radius 1 is 1.47 bits per heavy atom. The highest BCUT2D eigenvalue weighted by molar-refractivity contribution is 7.16. The van der Waals surface area contributed by atoms with Crippen molar-refractivity contribution >= 4 is 29.2 Å². The molecule has 2 nitrogen and oxygen atoms in total. The molecule has 1 aromatic heterocycles. The molecule has 15 heavy (non-hydrogen) atoms. The van der Waals surface area contributed by atoms with Crippen molar-refractivity contribution in [2.24, 2.45) is 5.92 Å². The van der Waals surface area contributed by atoms with Crippen molar-refractivity contribution in [1.29, 1.82) is 0 Å². The van der Waals surface area contributed by atoms with Gasteiger partial charge in [-0.15, -0.1) is 11.3 Å². The standard InChI is InChI=1S/C11H14ClNOS/c12-11-2-1-10(15-11)7-13-5-3-9(8-14)4-6-13/h1-2,8-9H,3-7H2. The average Bonchev–Trinajstić information content (AvgIpc) is 2.65. The molecule has 0 aliphatic carbocycles. The first-order chi connectivity index (χ1) is 7.28. The molecule has 2 heterocycles. The lowest BCUT2D eigenvalue weighted by Crippen LogP contribution is -2.33. The lowest BCUT2D eigenvalue weighted by Gasteiger charge is -2.28. The molecule has 0 N–H and O–H groups in total. The van der Waals surface area contributed by atoms with Crippen LogP contribution in [0.5, 0.6) is 0 Å². The molecule has 0 saturated carbocycles. The third-order valence-electron chi connectivity index (χ3n) is 2.83. The summed E-state index contributed by atoms with van der Waals surface area (Å²) in [4.78, 5) is 14.3. The van der Waals surface area contributed by atoms with Gasteiger partial charge in [-0.1, -0.05) is 11.6 Å². The van der Waals surface area contributed by atoms with Crippen LogP contribution in [0.4, 0.5) is 0 Å². The van der Waals surface area contributed by atoms with Crippen LogP contribution < -0.4 is 0 Å². The number of halogens is 1. The maximum absolute atomic E-state index is 10.6. The fourth-order valence-electron chi connectivity index (χ4n) is 1.90. The van der Waals surface area contributed by atoms with Crippen molar-refractivity contribution in [1.82, 2.24) is 4.90 Å². The maximum Gasteiger partial charge on any atom is 0.123 e. The van der Waals surface area contributed by atoms with E-state index in [9.17, 15) is 4.79 Å². The van der Waals surface area contributed by atoms with Crippen LogP contribution in [0.2, 0.25) is 4.34 Å². The first-order valence-corrected chi connectivity index (χ1v) is 6.39. The second kappa shape index (κ2) is 5.10. The number of thiophene rings is 1. The van der Waals surface area contributed by atoms with E-state index in [1.807, 2.05) is 6.07 Å². The predicted molar refractivity (Wildman–Crippen MR) is 63.4 cm³/mol. The van der Waals surface area contributed by atoms with Gasteiger partial charge in [0.15, 0.2) is 0 Å². The molecule has 0 radical (unpaired) electrons. The average molecular weight is 244 g/mol. The highest BCUT2D eigenvalue weighted by Gasteiger charge is 2.18. The van der Waals surface area contributed by atoms with Gasteiger partial charge in [-0.25, -0.2) is 0 Å². The van der Waals surface area contributed by atoms with Gasteiger partial charge in [0.1, 0.15) is 6.29 Å². The first kappa shape index (κ1) is 11.1. The summed E-state index contributed by atoms with van der Waals surface area (Å²) in [6, 6.07) is 4.03. The van der Waals surface area contributed by atoms with E-state index in [0.717, 1.165) is 43.1 Å². The maximum atomic E-state index is 10.6. The molecule has 0 atom stereocenters. The third-order valence-corrected chi connectivity index (χ3v) is 4.05. The highest BCUT2D eigenvalue weighted by atomic mass is 35.5. The first-order valence-electron chi connectivity index (χ1n) is 5.20. The van der Waals surface area contributed by atoms with Crippen LogP contribution in [0, 0.1) is 5.92 Å². The third kappa shape index (κ3) is 3.03. The van der Waals surface area contributed by atoms with Gasteiger partial charge in [0.05, 0.1) is 4.34 Å². The summed E-state index contributed by atoms with van der Waals surface area (Å²) < 4.78 is 0.854. The minimum Gasteiger partial charge on any atom is -0.303 e. The van der Waals surface area contributed by atoms with Gasteiger partial charge in [-0.2, -0.15) is 0 Å². The summed E-state index contributed by atoms with van der Waals surface area (Å²) in [5.41, 5.74) is 0. The zero-order valence-electron chi connectivity index (χ0n) is 8.49. The van der Waals surface area contributed by atoms with Crippen molar-refractivity contribution in [3.8, 4) is 0 Å². The molecular formula is C11H14ClNOS. The molecule has 1 fully saturated rings. The molecular weight excluding hydrogens is 230 g/mol. The van der Waals surface area contributed by atoms with Gasteiger partial charge < -0.3 is 4.79 Å². The van der Waals surface area contributed by atoms with Crippen LogP contribution in [0.15, 0.2) is 12.1 Å². The van der Waals surface area contributed by atoms with Crippen molar-refractivity contribution < 1.29 is 4.79 Å². The number of nitrogens with zero attached hydrogens (tertiary/aromatic N) is 1. The van der Waals surface area contributed by atoms with E-state index in [2.05, 4.69) is 11.0 Å². The van der Waals surface area contributed by atoms with Crippen LogP contribution in [0.25, 0.3) is 0 Å². The molecule has 1 aliphatic heterocycles. The van der Waals surface area contributed by atoms with E-state index in [1.165, 1.54) is 4.88 Å². The number of likely N-dealkylation sites (tertiary alicyclic amines) is 1. The Morgan fingerprint density at radius 3 is 2.73 bits per heavy atom. The van der Waals surface area contributed by atoms with Crippen molar-refractivity contribution in [3.05, 3.63) is 21.3 Å². The summed E-state index contributed by atoms with van der Waals surface area (Å²) in [5, 5.41) is 0. The van der Waals surface area contributed by atoms with Crippen LogP contribution >= 0.6 is 22.9 Å². The Morgan fingerprint density at radius 2 is 2.20 bits per heavy atom. The number of piperidine rings is 1. The van der Waals surface area contributed by atoms with Crippen LogP contribution in [-0.4, -0.2) is 24.3 Å². The molecule has 2 rings (SSSR count). The van der Waals surface area contributed by atoms with Crippen LogP contribution in [-0.2, 0) is 11.3 Å². The Balaban J connectivity index is 1.84. The second-order valence-corrected chi connectivity index (χ2v) is 5.76. The molecule has 1 aromatic rings. The van der Waals surface area contributed by atoms with Gasteiger partial charge in [-0.05, 0) is 38.1 Å². The molecule has 0 unspecified atom stereocenters. The highest BCUT2D eigenvalue weighted by Crippen LogP contribution is 2.24. The number of hydrogen-bond donors (Lipinski definition) is 0. The summed E-state index contributed by atoms with van der Waals surface area (Å²) >= 11 is 7.52. The minimum atomic E-state index is 0.285. The monoisotopic (exact) mass is 243 g/mol. The lowest BCUT2D eigenvalue weighted by molar-refractivity contribution is -0.112. The number of carbonyl (C=O) groups is 1. The predicted octanol–water partition coefficient (Wildman–Crippen LogP) is 2.81. The fourth-order valence-corrected chi connectivity index (χ4v) is 3.03. The molecule has 0 amide bonds. The zero-order valence-corrected chi connectivity index (χ0v) is 10.1. The van der Waals surface area contributed by atoms with E-state index in [0.29, 0.717) is 0 Å². The number of hydrogen-bond acceptors (Lipinski definition) is 3. The Kier molecular flexibility index (Phi) is 3.78. The van der Waals surface area contributed by atoms with Gasteiger partial charge >= 0.3 is 0 Å². The topological polar surface area (TPSA) is 20.3 Å². The Labute approximate surface area is 98.8 Å². The zero-order chi connectivity index (χ0) is 10.7. The summed E-state index contributed by atoms with van der Waals surface area (Å²) in [6.07, 6.45) is 3.10. The SMILES string of the molecule is O=CC1CCN(Cc2ccc(Cl)s2)CC1. The smallest absolute Gasteiger partial charge is 0.123 e. The molecule has 0 aromatic carbocycles. The Bertz CT molecular complexity index is 331. The van der Waals surface area contributed by atoms with Crippen molar-refractivity contribution in [2.75, 3.05) is 13.1 Å². The number of carbonyl (C=O) groups excluding carboxylic acids is 1. The van der Waals surface area contributed by atoms with E-state index >= 15 is 0 Å². The molecule has 0 bridgehead atoms. The molecule has 82 valence electrons. The van der Waals surface area contributed by atoms with Crippen molar-refractivity contribution in [3.63, 3.8) is 0 Å². The van der Waals surface area contributed by atoms with Gasteiger partial charge in [0.25, 0.3) is 0 Å². The molecule has 0 spiro atoms. The normalized spacial score (nSPS) is 19.3. The number of rotatable bonds is 3. The second-order valence-electron chi connectivity index (χ2n) is 3.96. The molecule has 4 heteroatoms. The minimum absolute atomic E-state index is 0.285. The van der Waals surface area contributed by atoms with Gasteiger partial charge in [0.2, 0.25) is 0 Å². The summed E-state index contributed by atoms with van der Waals surface area (Å²) in [6.45, 7) is 3.03. The lowest BCUT2D eigenvalue weighted by atomic mass is 9.99. The van der Waals surface area contributed by atoms with Gasteiger partial charge in [-0.3, -0.25) is 4.90 Å². The van der Waals surface area contributed by atoms with E-state index in [-0.39, 0.29) is 5.92 Å². The Hall–Kier alpha value is -0.380. The van der Waals surface area contributed by atoms with E-state index < -0.39 is 0 Å². The van der Waals surface area contributed by atoms with E-state index in [1.54, 1.807) is 11.3 Å². The number of aldehydes is 1. The van der Waals surface area contributed by atoms with Crippen molar-refractivity contribution in [2.45, 2.75) is 19.4 Å². The largest absolute Gasteiger partial charge is 0.303 e. The molecule has 1 saturated heterocycles. The summed E-state index contributed by atoms with van der Waals surface area (Å²) in [7, 11) is 0. The van der Waals surface area contributed by atoms with Gasteiger partial charge in [0, 0.05) is 17.3 Å². The van der Waals surface area contributed by atoms with Crippen LogP contribution in [0.3, 0.4) is 0 Å². The quantitative estimate of drug-likeness (QED) is 0.761. The van der Waals surface area contributed by atoms with E-state index in [4.69, 9.17) is 11.6 Å². The van der Waals surface area contributed by atoms with Crippen LogP contribution in [0.1, 0.15) is 17.7 Å².